The molecule has 2 aliphatic rings. The highest BCUT2D eigenvalue weighted by atomic mass is 19.1. The molecule has 0 bridgehead atoms. The second-order valence-corrected chi connectivity index (χ2v) is 6.99. The van der Waals surface area contributed by atoms with Crippen molar-refractivity contribution in [1.82, 2.24) is 10.2 Å². The number of ketones is 1. The lowest BCUT2D eigenvalue weighted by atomic mass is 9.84. The molecule has 1 heterocycles. The van der Waals surface area contributed by atoms with Crippen LogP contribution in [0.4, 0.5) is 9.18 Å². The number of urea groups is 1. The van der Waals surface area contributed by atoms with Gasteiger partial charge in [0.15, 0.2) is 5.78 Å². The fraction of sp³-hybridized carbons (Fsp3) is 0.286. The van der Waals surface area contributed by atoms with Crippen molar-refractivity contribution in [3.8, 4) is 0 Å². The predicted molar refractivity (Wildman–Crippen MR) is 96.7 cm³/mol. The Labute approximate surface area is 156 Å². The fourth-order valence-corrected chi connectivity index (χ4v) is 4.03. The van der Waals surface area contributed by atoms with Crippen molar-refractivity contribution >= 4 is 17.7 Å². The van der Waals surface area contributed by atoms with Crippen LogP contribution in [0.25, 0.3) is 0 Å². The summed E-state index contributed by atoms with van der Waals surface area (Å²) in [4.78, 5) is 39.2. The van der Waals surface area contributed by atoms with E-state index in [0.29, 0.717) is 6.42 Å². The summed E-state index contributed by atoms with van der Waals surface area (Å²) in [6.07, 6.45) is 3.04. The molecule has 2 aromatic carbocycles. The Morgan fingerprint density at radius 2 is 1.81 bits per heavy atom. The number of nitrogens with one attached hydrogen (secondary N) is 1. The minimum Gasteiger partial charge on any atom is -0.319 e. The van der Waals surface area contributed by atoms with E-state index in [0.717, 1.165) is 35.3 Å². The molecule has 6 heteroatoms. The molecule has 0 radical (unpaired) electrons. The van der Waals surface area contributed by atoms with Gasteiger partial charge in [0.2, 0.25) is 0 Å². The Bertz CT molecular complexity index is 943. The van der Waals surface area contributed by atoms with E-state index in [1.165, 1.54) is 18.2 Å². The number of rotatable bonds is 3. The highest BCUT2D eigenvalue weighted by molar-refractivity contribution is 6.11. The molecule has 138 valence electrons. The minimum atomic E-state index is -1.14. The quantitative estimate of drug-likeness (QED) is 0.670. The third-order valence-electron chi connectivity index (χ3n) is 5.38. The third-order valence-corrected chi connectivity index (χ3v) is 5.38. The second-order valence-electron chi connectivity index (χ2n) is 6.99. The standard InChI is InChI=1S/C21H19FN2O3/c22-17-11-4-2-9-15(17)18(25)13-24-19(26)21(23-20(24)27)12-6-5-8-14-7-1-3-10-16(14)21/h1-4,7,9-11H,5-6,8,12-13H2,(H,23,27)/t21-/m0/s1. The first-order valence-corrected chi connectivity index (χ1v) is 9.03. The zero-order valence-electron chi connectivity index (χ0n) is 14.7. The van der Waals surface area contributed by atoms with E-state index in [4.69, 9.17) is 0 Å². The lowest BCUT2D eigenvalue weighted by molar-refractivity contribution is -0.131. The van der Waals surface area contributed by atoms with Crippen LogP contribution in [0.15, 0.2) is 48.5 Å². The Kier molecular flexibility index (Phi) is 4.26. The molecule has 1 aliphatic carbocycles. The number of carbonyl (C=O) groups is 3. The van der Waals surface area contributed by atoms with Crippen LogP contribution >= 0.6 is 0 Å². The minimum absolute atomic E-state index is 0.125. The van der Waals surface area contributed by atoms with Gasteiger partial charge in [-0.25, -0.2) is 9.18 Å². The molecular weight excluding hydrogens is 347 g/mol. The van der Waals surface area contributed by atoms with Crippen molar-refractivity contribution in [1.29, 1.82) is 0 Å². The summed E-state index contributed by atoms with van der Waals surface area (Å²) < 4.78 is 13.9. The first-order valence-electron chi connectivity index (χ1n) is 9.03. The van der Waals surface area contributed by atoms with Crippen molar-refractivity contribution in [2.24, 2.45) is 0 Å². The fourth-order valence-electron chi connectivity index (χ4n) is 4.03. The van der Waals surface area contributed by atoms with Crippen LogP contribution in [0, 0.1) is 5.82 Å². The van der Waals surface area contributed by atoms with E-state index < -0.39 is 35.6 Å². The van der Waals surface area contributed by atoms with Gasteiger partial charge in [-0.15, -0.1) is 0 Å². The summed E-state index contributed by atoms with van der Waals surface area (Å²) in [6.45, 7) is -0.477. The maximum absolute atomic E-state index is 13.9. The Balaban J connectivity index is 1.67. The van der Waals surface area contributed by atoms with Gasteiger partial charge in [0, 0.05) is 0 Å². The number of amides is 3. The Morgan fingerprint density at radius 1 is 1.07 bits per heavy atom. The number of imide groups is 1. The molecule has 0 saturated carbocycles. The van der Waals surface area contributed by atoms with Gasteiger partial charge in [-0.05, 0) is 48.9 Å². The maximum Gasteiger partial charge on any atom is 0.325 e. The van der Waals surface area contributed by atoms with E-state index in [9.17, 15) is 18.8 Å². The summed E-state index contributed by atoms with van der Waals surface area (Å²) in [5.74, 6) is -1.70. The second kappa shape index (κ2) is 6.61. The lowest BCUT2D eigenvalue weighted by Crippen LogP contribution is -2.44. The third kappa shape index (κ3) is 2.81. The van der Waals surface area contributed by atoms with Crippen LogP contribution in [0.2, 0.25) is 0 Å². The molecule has 3 amide bonds. The van der Waals surface area contributed by atoms with E-state index in [-0.39, 0.29) is 5.56 Å². The molecule has 1 fully saturated rings. The monoisotopic (exact) mass is 366 g/mol. The summed E-state index contributed by atoms with van der Waals surface area (Å²) in [5.41, 5.74) is 0.563. The van der Waals surface area contributed by atoms with Crippen molar-refractivity contribution in [2.45, 2.75) is 31.2 Å². The van der Waals surface area contributed by atoms with Crippen molar-refractivity contribution in [3.05, 3.63) is 71.0 Å². The molecule has 1 aliphatic heterocycles. The highest BCUT2D eigenvalue weighted by Gasteiger charge is 2.53. The van der Waals surface area contributed by atoms with Gasteiger partial charge >= 0.3 is 6.03 Å². The smallest absolute Gasteiger partial charge is 0.319 e. The number of benzene rings is 2. The van der Waals surface area contributed by atoms with Crippen LogP contribution < -0.4 is 5.32 Å². The molecule has 1 N–H and O–H groups in total. The van der Waals surface area contributed by atoms with Crippen molar-refractivity contribution in [3.63, 3.8) is 0 Å². The summed E-state index contributed by atoms with van der Waals surface area (Å²) in [6, 6.07) is 12.5. The summed E-state index contributed by atoms with van der Waals surface area (Å²) in [5, 5.41) is 2.83. The normalized spacial score (nSPS) is 21.7. The van der Waals surface area contributed by atoms with Crippen LogP contribution in [0.3, 0.4) is 0 Å². The number of nitrogens with zero attached hydrogens (tertiary/aromatic N) is 1. The number of hydrogen-bond acceptors (Lipinski definition) is 3. The maximum atomic E-state index is 13.9. The number of hydrogen-bond donors (Lipinski definition) is 1. The number of fused-ring (bicyclic) bond motifs is 2. The first kappa shape index (κ1) is 17.4. The van der Waals surface area contributed by atoms with Gasteiger partial charge in [-0.3, -0.25) is 14.5 Å². The molecule has 0 aromatic heterocycles. The average Bonchev–Trinajstić information content (AvgIpc) is 2.81. The Hall–Kier alpha value is -3.02. The molecule has 0 unspecified atom stereocenters. The van der Waals surface area contributed by atoms with Crippen LogP contribution in [0.1, 0.15) is 40.7 Å². The van der Waals surface area contributed by atoms with Gasteiger partial charge in [0.25, 0.3) is 5.91 Å². The summed E-state index contributed by atoms with van der Waals surface area (Å²) in [7, 11) is 0. The van der Waals surface area contributed by atoms with Gasteiger partial charge in [-0.2, -0.15) is 0 Å². The van der Waals surface area contributed by atoms with Gasteiger partial charge < -0.3 is 5.32 Å². The van der Waals surface area contributed by atoms with Gasteiger partial charge in [0.1, 0.15) is 11.4 Å². The SMILES string of the molecule is O=C(CN1C(=O)N[C@]2(CCCCc3ccccc32)C1=O)c1ccccc1F. The Morgan fingerprint density at radius 3 is 2.63 bits per heavy atom. The number of Topliss-reactive ketones (excluding diaryl/α,β-unsaturated/α-hetero) is 1. The number of carbonyl (C=O) groups excluding carboxylic acids is 3. The average molecular weight is 366 g/mol. The van der Waals surface area contributed by atoms with Crippen molar-refractivity contribution < 1.29 is 18.8 Å². The van der Waals surface area contributed by atoms with E-state index in [1.54, 1.807) is 6.07 Å². The molecule has 5 nitrogen and oxygen atoms in total. The molecule has 2 aromatic rings. The number of halogens is 1. The zero-order chi connectivity index (χ0) is 19.0. The van der Waals surface area contributed by atoms with E-state index in [1.807, 2.05) is 24.3 Å². The van der Waals surface area contributed by atoms with Crippen LogP contribution in [-0.2, 0) is 16.8 Å². The largest absolute Gasteiger partial charge is 0.325 e. The highest BCUT2D eigenvalue weighted by Crippen LogP contribution is 2.39. The molecular formula is C21H19FN2O3. The van der Waals surface area contributed by atoms with Crippen LogP contribution in [-0.4, -0.2) is 29.2 Å². The predicted octanol–water partition coefficient (Wildman–Crippen LogP) is 3.18. The molecule has 4 rings (SSSR count). The number of aryl methyl sites for hydroxylation is 1. The van der Waals surface area contributed by atoms with Gasteiger partial charge in [-0.1, -0.05) is 36.4 Å². The van der Waals surface area contributed by atoms with E-state index in [2.05, 4.69) is 5.32 Å². The molecule has 1 saturated heterocycles. The topological polar surface area (TPSA) is 66.5 Å². The molecule has 27 heavy (non-hydrogen) atoms. The van der Waals surface area contributed by atoms with Crippen LogP contribution in [0.5, 0.6) is 0 Å². The summed E-state index contributed by atoms with van der Waals surface area (Å²) >= 11 is 0. The molecule has 1 atom stereocenters. The van der Waals surface area contributed by atoms with Crippen molar-refractivity contribution in [2.75, 3.05) is 6.54 Å². The first-order chi connectivity index (χ1) is 13.0. The molecule has 1 spiro atoms. The van der Waals surface area contributed by atoms with E-state index >= 15 is 0 Å². The lowest BCUT2D eigenvalue weighted by Gasteiger charge is -2.27. The van der Waals surface area contributed by atoms with Gasteiger partial charge in [0.05, 0.1) is 12.1 Å². The zero-order valence-corrected chi connectivity index (χ0v) is 14.7.